The molecule has 0 saturated heterocycles. The monoisotopic (exact) mass is 2490 g/mol. The van der Waals surface area contributed by atoms with Crippen LogP contribution in [0, 0.1) is 119 Å². The molecule has 25 rings (SSSR count). The van der Waals surface area contributed by atoms with Crippen molar-refractivity contribution in [2.75, 3.05) is 19.6 Å². The minimum Gasteiger partial charge on any atom is -0.459 e. The first kappa shape index (κ1) is 101. The molecular formula is C130H106N16OPt3. The molecule has 22 aromatic rings. The van der Waals surface area contributed by atoms with E-state index in [9.17, 15) is 0 Å². The zero-order valence-corrected chi connectivity index (χ0v) is 92.3. The second-order valence-corrected chi connectivity index (χ2v) is 38.5. The summed E-state index contributed by atoms with van der Waals surface area (Å²) in [7, 11) is 0. The van der Waals surface area contributed by atoms with Crippen LogP contribution in [0.25, 0.3) is 102 Å². The summed E-state index contributed by atoms with van der Waals surface area (Å²) in [6.07, 6.45) is 13.3. The van der Waals surface area contributed by atoms with Crippen molar-refractivity contribution in [3.63, 3.8) is 0 Å². The van der Waals surface area contributed by atoms with Gasteiger partial charge in [0.25, 0.3) is 0 Å². The van der Waals surface area contributed by atoms with Crippen molar-refractivity contribution in [3.05, 3.63) is 491 Å². The SMILES string of the molecule is Cc1cc(C)c(-n2cc3nc2N(c2ccccc2)c2[c-]c(ccc2)-c2nc(cn2-c2c(C)cccc2C)Cc2[c-]c-3ccc2)c(C(C)C)c1.Cc1cccc(C)c1-n1cc2nc1-c1[c-]c(ccc1)N(c1ccccc1)c1nc(cn1-c1c(C)cccc1C)-c1[c-]c(ccc1)N2c1ccccc1.Cc1cccc(C)c1-n1cc2nc1-c1[c-]c(ccc1)N(c1ccccc1)c1nc(cn1-c1c(C)cccc1C)-c1[c-]c(ccc1)O2.[Pt+2].[Pt+2].[Pt+2]. The van der Waals surface area contributed by atoms with Crippen LogP contribution >= 0.6 is 0 Å². The summed E-state index contributed by atoms with van der Waals surface area (Å²) >= 11 is 0. The molecule has 0 unspecified atom stereocenters. The number of para-hydroxylation sites is 9. The van der Waals surface area contributed by atoms with Crippen LogP contribution in [0.15, 0.2) is 371 Å². The number of aryl methyl sites for hydroxylation is 12. The van der Waals surface area contributed by atoms with Gasteiger partial charge in [-0.1, -0.05) is 201 Å². The van der Waals surface area contributed by atoms with Crippen LogP contribution in [0.4, 0.5) is 69.2 Å². The van der Waals surface area contributed by atoms with Crippen LogP contribution in [0.2, 0.25) is 0 Å². The van der Waals surface area contributed by atoms with E-state index in [1.54, 1.807) is 0 Å². The van der Waals surface area contributed by atoms with Crippen molar-refractivity contribution < 1.29 is 67.9 Å². The van der Waals surface area contributed by atoms with Gasteiger partial charge in [-0.25, -0.2) is 4.98 Å². The van der Waals surface area contributed by atoms with Gasteiger partial charge in [0.05, 0.1) is 46.4 Å². The third kappa shape index (κ3) is 19.3. The average Bonchev–Trinajstić information content (AvgIpc) is 1.56. The summed E-state index contributed by atoms with van der Waals surface area (Å²) in [4.78, 5) is 40.7. The van der Waals surface area contributed by atoms with Crippen LogP contribution in [-0.4, -0.2) is 57.3 Å². The molecule has 0 N–H and O–H groups in total. The van der Waals surface area contributed by atoms with E-state index in [0.29, 0.717) is 24.0 Å². The first-order chi connectivity index (χ1) is 71.6. The second-order valence-electron chi connectivity index (χ2n) is 38.5. The predicted octanol–water partition coefficient (Wildman–Crippen LogP) is 32.0. The molecule has 9 heterocycles. The zero-order valence-electron chi connectivity index (χ0n) is 85.5. The van der Waals surface area contributed by atoms with Crippen molar-refractivity contribution in [2.45, 2.75) is 109 Å². The predicted molar refractivity (Wildman–Crippen MR) is 594 cm³/mol. The number of anilines is 12. The number of aromatic nitrogens is 12. The quantitative estimate of drug-likeness (QED) is 0.115. The largest absolute Gasteiger partial charge is 2.00 e. The first-order valence-corrected chi connectivity index (χ1v) is 49.9. The Morgan fingerprint density at radius 2 is 0.567 bits per heavy atom. The zero-order chi connectivity index (χ0) is 101. The number of benzene rings is 16. The van der Waals surface area contributed by atoms with E-state index in [1.807, 2.05) is 60.8 Å². The summed E-state index contributed by atoms with van der Waals surface area (Å²) < 4.78 is 19.7. The Morgan fingerprint density at radius 3 is 0.973 bits per heavy atom. The number of hydrogen-bond acceptors (Lipinski definition) is 11. The molecule has 150 heavy (non-hydrogen) atoms. The number of imidazole rings is 6. The molecule has 0 saturated carbocycles. The van der Waals surface area contributed by atoms with Crippen molar-refractivity contribution in [1.82, 2.24) is 57.3 Å². The van der Waals surface area contributed by atoms with E-state index in [0.717, 1.165) is 227 Å². The number of ether oxygens (including phenoxy) is 1. The van der Waals surface area contributed by atoms with Gasteiger partial charge in [-0.2, -0.15) is 0 Å². The Kier molecular flexibility index (Phi) is 28.7. The van der Waals surface area contributed by atoms with E-state index >= 15 is 0 Å². The fraction of sp³-hybridized carbons (Fsp3) is 0.123. The van der Waals surface area contributed by atoms with Crippen LogP contribution < -0.4 is 24.3 Å². The van der Waals surface area contributed by atoms with Gasteiger partial charge in [-0.05, 0) is 252 Å². The molecule has 16 aromatic carbocycles. The standard InChI is InChI=1S/C46H36N6.C44H39N5.C40H31N5O.3Pt/c1-31-15-11-16-32(2)43(31)49-30-42-48-45(49)36-20-14-26-40(28-36)52(38-23-9-6-10-24-38)46-47-41(29-50(46)44-33(3)17-12-18-34(44)4)35-19-13-25-39(27-35)51(42)37-21-7-5-8-22-37;1-28(2)39-22-29(3)21-32(6)42(39)48-27-40-34-16-11-15-33(23-34)24-36-26-47(41-30(4)13-10-14-31(41)5)43(45-36)35-17-12-20-38(25-35)49(44(48)46-40)37-18-8-7-9-19-37;1-26-12-8-13-27(2)37(26)43-25-36-42-39(43)31-17-10-20-33(22-31)45(32-18-6-5-7-19-32)40-41-35(30-16-11-21-34(23-30)46-36)24-44(40)38-28(3)14-9-15-29(38)4;;;/h5-26,29-30H,1-4H3;7-22,26-28H,24H2,1-6H3;5-21,24-25H,1-4H3;;;/q3*-2;3*+2. The fourth-order valence-electron chi connectivity index (χ4n) is 21.1. The van der Waals surface area contributed by atoms with Gasteiger partial charge in [-0.15, -0.1) is 178 Å². The maximum absolute atomic E-state index is 6.40. The molecule has 0 fully saturated rings. The molecule has 0 amide bonds. The molecule has 0 radical (unpaired) electrons. The first-order valence-electron chi connectivity index (χ1n) is 49.9. The molecule has 24 bridgehead atoms. The van der Waals surface area contributed by atoms with Crippen LogP contribution in [0.1, 0.15) is 103 Å². The summed E-state index contributed by atoms with van der Waals surface area (Å²) in [6, 6.07) is 138. The van der Waals surface area contributed by atoms with Crippen molar-refractivity contribution in [2.24, 2.45) is 0 Å². The number of rotatable bonds is 11. The fourth-order valence-corrected chi connectivity index (χ4v) is 21.1. The number of hydrogen-bond donors (Lipinski definition) is 0. The minimum absolute atomic E-state index is 0. The summed E-state index contributed by atoms with van der Waals surface area (Å²) in [5.74, 6) is 6.78. The Hall–Kier alpha value is -16.2. The third-order valence-electron chi connectivity index (χ3n) is 27.7. The molecule has 0 atom stereocenters. The summed E-state index contributed by atoms with van der Waals surface area (Å²) in [5, 5.41) is 0. The van der Waals surface area contributed by atoms with E-state index in [4.69, 9.17) is 34.6 Å². The van der Waals surface area contributed by atoms with Crippen molar-refractivity contribution in [1.29, 1.82) is 0 Å². The second kappa shape index (κ2) is 42.6. The molecule has 3 aliphatic heterocycles. The van der Waals surface area contributed by atoms with Crippen molar-refractivity contribution in [3.8, 4) is 114 Å². The molecule has 742 valence electrons. The van der Waals surface area contributed by atoms with Gasteiger partial charge in [0, 0.05) is 75.0 Å². The van der Waals surface area contributed by atoms with E-state index in [1.165, 1.54) is 27.8 Å². The molecule has 20 heteroatoms. The van der Waals surface area contributed by atoms with E-state index in [2.05, 4.69) is 490 Å². The number of fused-ring (bicyclic) bond motifs is 30. The maximum atomic E-state index is 6.40. The van der Waals surface area contributed by atoms with E-state index < -0.39 is 0 Å². The topological polar surface area (TPSA) is 129 Å². The van der Waals surface area contributed by atoms with Crippen LogP contribution in [0.3, 0.4) is 0 Å². The van der Waals surface area contributed by atoms with Gasteiger partial charge >= 0.3 is 63.2 Å². The van der Waals surface area contributed by atoms with Gasteiger partial charge in [-0.3, -0.25) is 53.3 Å². The normalized spacial score (nSPS) is 11.9. The molecule has 17 nitrogen and oxygen atoms in total. The molecule has 0 spiro atoms. The smallest absolute Gasteiger partial charge is 0.459 e. The third-order valence-corrected chi connectivity index (χ3v) is 27.7. The van der Waals surface area contributed by atoms with Gasteiger partial charge in [0.1, 0.15) is 5.82 Å². The van der Waals surface area contributed by atoms with Gasteiger partial charge in [0.2, 0.25) is 23.7 Å². The number of nitrogens with zero attached hydrogens (tertiary/aromatic N) is 16. The maximum Gasteiger partial charge on any atom is 2.00 e. The molecular weight excluding hydrogens is 2390 g/mol. The van der Waals surface area contributed by atoms with Crippen molar-refractivity contribution >= 4 is 69.2 Å². The molecule has 0 aliphatic carbocycles. The molecule has 3 aliphatic rings. The van der Waals surface area contributed by atoms with E-state index in [-0.39, 0.29) is 63.2 Å². The summed E-state index contributed by atoms with van der Waals surface area (Å²) in [5.41, 5.74) is 39.1. The van der Waals surface area contributed by atoms with Gasteiger partial charge in [0.15, 0.2) is 0 Å². The minimum atomic E-state index is 0. The summed E-state index contributed by atoms with van der Waals surface area (Å²) in [6.45, 7) is 30.4. The van der Waals surface area contributed by atoms with Crippen LogP contribution in [-0.2, 0) is 69.6 Å². The Labute approximate surface area is 920 Å². The average molecular weight is 2490 g/mol. The van der Waals surface area contributed by atoms with Gasteiger partial charge < -0.3 is 23.3 Å². The molecule has 6 aromatic heterocycles. The Balaban J connectivity index is 0.000000135. The Morgan fingerprint density at radius 1 is 0.253 bits per heavy atom. The Bertz CT molecular complexity index is 8690. The van der Waals surface area contributed by atoms with Crippen LogP contribution in [0.5, 0.6) is 11.6 Å².